The van der Waals surface area contributed by atoms with Crippen molar-refractivity contribution in [1.82, 2.24) is 9.96 Å². The van der Waals surface area contributed by atoms with Crippen molar-refractivity contribution in [3.63, 3.8) is 0 Å². The van der Waals surface area contributed by atoms with Gasteiger partial charge in [-0.3, -0.25) is 14.5 Å². The quantitative estimate of drug-likeness (QED) is 0.775. The zero-order chi connectivity index (χ0) is 18.0. The summed E-state index contributed by atoms with van der Waals surface area (Å²) in [6.07, 6.45) is -0.0733. The molecule has 0 bridgehead atoms. The minimum absolute atomic E-state index is 0.00223. The van der Waals surface area contributed by atoms with Crippen molar-refractivity contribution in [2.45, 2.75) is 25.1 Å². The lowest BCUT2D eigenvalue weighted by atomic mass is 9.93. The third-order valence-electron chi connectivity index (χ3n) is 4.67. The van der Waals surface area contributed by atoms with Crippen molar-refractivity contribution in [2.24, 2.45) is 5.92 Å². The number of aldehydes is 1. The summed E-state index contributed by atoms with van der Waals surface area (Å²) in [5, 5.41) is 1.06. The fraction of sp³-hybridized carbons (Fsp3) is 0.529. The van der Waals surface area contributed by atoms with Crippen LogP contribution in [0, 0.1) is 17.6 Å². The van der Waals surface area contributed by atoms with Crippen molar-refractivity contribution in [2.75, 3.05) is 26.2 Å². The maximum absolute atomic E-state index is 14.4. The van der Waals surface area contributed by atoms with Crippen LogP contribution in [0.5, 0.6) is 0 Å². The number of nitrogens with zero attached hydrogens (tertiary/aromatic N) is 2. The van der Waals surface area contributed by atoms with E-state index in [4.69, 9.17) is 4.84 Å². The highest BCUT2D eigenvalue weighted by Gasteiger charge is 2.41. The molecule has 3 atom stereocenters. The lowest BCUT2D eigenvalue weighted by molar-refractivity contribution is -0.185. The fourth-order valence-corrected chi connectivity index (χ4v) is 3.44. The van der Waals surface area contributed by atoms with Gasteiger partial charge in [0, 0.05) is 19.0 Å². The van der Waals surface area contributed by atoms with E-state index in [-0.39, 0.29) is 31.7 Å². The second-order valence-corrected chi connectivity index (χ2v) is 6.34. The molecule has 2 aliphatic rings. The van der Waals surface area contributed by atoms with Crippen molar-refractivity contribution in [3.05, 3.63) is 35.4 Å². The van der Waals surface area contributed by atoms with Crippen LogP contribution in [0.15, 0.2) is 18.2 Å². The van der Waals surface area contributed by atoms with Gasteiger partial charge in [0.05, 0.1) is 25.1 Å². The molecule has 0 saturated carbocycles. The molecule has 1 aromatic rings. The van der Waals surface area contributed by atoms with Gasteiger partial charge in [-0.05, 0) is 30.7 Å². The molecule has 0 spiro atoms. The summed E-state index contributed by atoms with van der Waals surface area (Å²) in [4.78, 5) is 30.2. The van der Waals surface area contributed by atoms with E-state index < -0.39 is 35.7 Å². The molecule has 3 rings (SSSR count). The van der Waals surface area contributed by atoms with Gasteiger partial charge in [-0.2, -0.15) is 0 Å². The molecule has 2 saturated heterocycles. The Labute approximate surface area is 143 Å². The smallest absolute Gasteiger partial charge is 0.252 e. The van der Waals surface area contributed by atoms with Crippen LogP contribution in [-0.4, -0.2) is 54.6 Å². The molecule has 5 nitrogen and oxygen atoms in total. The van der Waals surface area contributed by atoms with Gasteiger partial charge in [-0.1, -0.05) is 0 Å². The Morgan fingerprint density at radius 1 is 1.24 bits per heavy atom. The first-order valence-corrected chi connectivity index (χ1v) is 8.21. The van der Waals surface area contributed by atoms with E-state index in [1.807, 2.05) is 0 Å². The molecule has 2 fully saturated rings. The summed E-state index contributed by atoms with van der Waals surface area (Å²) in [6, 6.07) is 2.43. The van der Waals surface area contributed by atoms with Gasteiger partial charge in [-0.15, -0.1) is 0 Å². The number of piperidine rings is 1. The molecule has 0 aromatic heterocycles. The highest BCUT2D eigenvalue weighted by Crippen LogP contribution is 2.34. The van der Waals surface area contributed by atoms with Crippen LogP contribution in [0.3, 0.4) is 0 Å². The maximum atomic E-state index is 14.4. The molecular formula is C17H19F3N2O3. The largest absolute Gasteiger partial charge is 0.302 e. The first-order chi connectivity index (χ1) is 12.0. The average molecular weight is 356 g/mol. The van der Waals surface area contributed by atoms with Gasteiger partial charge in [0.1, 0.15) is 24.1 Å². The lowest BCUT2D eigenvalue weighted by Crippen LogP contribution is -2.48. The van der Waals surface area contributed by atoms with Crippen LogP contribution in [0.25, 0.3) is 0 Å². The number of rotatable bonds is 4. The summed E-state index contributed by atoms with van der Waals surface area (Å²) in [7, 11) is 0. The van der Waals surface area contributed by atoms with Gasteiger partial charge >= 0.3 is 0 Å². The zero-order valence-electron chi connectivity index (χ0n) is 13.5. The van der Waals surface area contributed by atoms with Crippen LogP contribution in [-0.2, 0) is 14.4 Å². The second kappa shape index (κ2) is 7.53. The first-order valence-electron chi connectivity index (χ1n) is 8.21. The lowest BCUT2D eigenvalue weighted by Gasteiger charge is -2.35. The van der Waals surface area contributed by atoms with Gasteiger partial charge in [0.15, 0.2) is 0 Å². The number of benzene rings is 1. The molecule has 2 aliphatic heterocycles. The van der Waals surface area contributed by atoms with E-state index in [1.54, 1.807) is 4.90 Å². The van der Waals surface area contributed by atoms with Crippen molar-refractivity contribution < 1.29 is 27.6 Å². The predicted molar refractivity (Wildman–Crippen MR) is 82.0 cm³/mol. The summed E-state index contributed by atoms with van der Waals surface area (Å²) >= 11 is 0. The maximum Gasteiger partial charge on any atom is 0.252 e. The van der Waals surface area contributed by atoms with Crippen molar-refractivity contribution in [1.29, 1.82) is 0 Å². The van der Waals surface area contributed by atoms with E-state index in [0.717, 1.165) is 23.3 Å². The predicted octanol–water partition coefficient (Wildman–Crippen LogP) is 2.03. The number of carbonyl (C=O) groups is 2. The Morgan fingerprint density at radius 3 is 2.60 bits per heavy atom. The van der Waals surface area contributed by atoms with Crippen LogP contribution >= 0.6 is 0 Å². The Kier molecular flexibility index (Phi) is 5.39. The highest BCUT2D eigenvalue weighted by molar-refractivity contribution is 5.79. The minimum Gasteiger partial charge on any atom is -0.302 e. The molecule has 25 heavy (non-hydrogen) atoms. The number of halogens is 3. The molecule has 2 heterocycles. The molecular weight excluding hydrogens is 337 g/mol. The molecule has 1 aromatic carbocycles. The van der Waals surface area contributed by atoms with Crippen LogP contribution in [0.2, 0.25) is 0 Å². The van der Waals surface area contributed by atoms with Gasteiger partial charge in [0.2, 0.25) is 0 Å². The monoisotopic (exact) mass is 356 g/mol. The topological polar surface area (TPSA) is 49.9 Å². The highest BCUT2D eigenvalue weighted by atomic mass is 19.1. The summed E-state index contributed by atoms with van der Waals surface area (Å²) in [5.41, 5.74) is 0.289. The number of hydroxylamine groups is 2. The Morgan fingerprint density at radius 2 is 1.96 bits per heavy atom. The number of alkyl halides is 1. The van der Waals surface area contributed by atoms with Gasteiger partial charge in [0.25, 0.3) is 5.91 Å². The van der Waals surface area contributed by atoms with E-state index >= 15 is 0 Å². The standard InChI is InChI=1S/C17H19F3N2O3/c18-12-7-11(8-13(19)9-12)16-2-6-25-22(16)17(24)14-1-3-21(4-5-23)10-15(14)20/h5,7-9,14-16H,1-4,6,10H2/t14-,15+,16-/m1/s1. The SMILES string of the molecule is O=CCN1CC[C@@H](C(=O)N2OCC[C@@H]2c2cc(F)cc(F)c2)[C@@H](F)C1. The van der Waals surface area contributed by atoms with Crippen LogP contribution in [0.1, 0.15) is 24.4 Å². The van der Waals surface area contributed by atoms with E-state index in [1.165, 1.54) is 0 Å². The van der Waals surface area contributed by atoms with Crippen molar-refractivity contribution >= 4 is 12.2 Å². The van der Waals surface area contributed by atoms with Crippen molar-refractivity contribution in [3.8, 4) is 0 Å². The van der Waals surface area contributed by atoms with E-state index in [9.17, 15) is 22.8 Å². The Bertz CT molecular complexity index is 638. The zero-order valence-corrected chi connectivity index (χ0v) is 13.5. The molecule has 0 aliphatic carbocycles. The number of hydrogen-bond acceptors (Lipinski definition) is 4. The van der Waals surface area contributed by atoms with Gasteiger partial charge in [-0.25, -0.2) is 18.2 Å². The molecule has 0 unspecified atom stereocenters. The Balaban J connectivity index is 1.74. The minimum atomic E-state index is -1.42. The average Bonchev–Trinajstić information content (AvgIpc) is 3.03. The number of likely N-dealkylation sites (tertiary alicyclic amines) is 1. The molecule has 0 N–H and O–H groups in total. The van der Waals surface area contributed by atoms with Gasteiger partial charge < -0.3 is 4.79 Å². The fourth-order valence-electron chi connectivity index (χ4n) is 3.44. The first kappa shape index (κ1) is 17.9. The normalized spacial score (nSPS) is 27.5. The van der Waals surface area contributed by atoms with E-state index in [2.05, 4.69) is 0 Å². The number of hydrogen-bond donors (Lipinski definition) is 0. The summed E-state index contributed by atoms with van der Waals surface area (Å²) < 4.78 is 41.3. The Hall–Kier alpha value is -1.93. The number of carbonyl (C=O) groups excluding carboxylic acids is 2. The molecule has 1 amide bonds. The van der Waals surface area contributed by atoms with E-state index in [0.29, 0.717) is 19.3 Å². The molecule has 136 valence electrons. The molecule has 8 heteroatoms. The molecule has 0 radical (unpaired) electrons. The second-order valence-electron chi connectivity index (χ2n) is 6.34. The van der Waals surface area contributed by atoms with Crippen LogP contribution in [0.4, 0.5) is 13.2 Å². The summed E-state index contributed by atoms with van der Waals surface area (Å²) in [6.45, 7) is 0.785. The van der Waals surface area contributed by atoms with Crippen LogP contribution < -0.4 is 0 Å². The third kappa shape index (κ3) is 3.85. The summed E-state index contributed by atoms with van der Waals surface area (Å²) in [5.74, 6) is -2.88. The number of amides is 1. The third-order valence-corrected chi connectivity index (χ3v) is 4.67.